The number of nitrogens with one attached hydrogen (secondary N) is 1. The van der Waals surface area contributed by atoms with E-state index in [1.807, 2.05) is 24.3 Å². The van der Waals surface area contributed by atoms with Gasteiger partial charge in [-0.25, -0.2) is 0 Å². The van der Waals surface area contributed by atoms with Gasteiger partial charge in [-0.05, 0) is 18.9 Å². The Labute approximate surface area is 112 Å². The summed E-state index contributed by atoms with van der Waals surface area (Å²) in [6.45, 7) is 2.08. The molecule has 4 heteroatoms. The number of aliphatic hydroxyl groups is 1. The van der Waals surface area contributed by atoms with Crippen molar-refractivity contribution in [3.8, 4) is 0 Å². The van der Waals surface area contributed by atoms with Crippen LogP contribution in [-0.4, -0.2) is 23.2 Å². The summed E-state index contributed by atoms with van der Waals surface area (Å²) in [4.78, 5) is 12.4. The molecule has 0 radical (unpaired) electrons. The molecular weight excluding hydrogens is 242 g/mol. The lowest BCUT2D eigenvalue weighted by Gasteiger charge is -2.39. The Morgan fingerprint density at radius 2 is 2.26 bits per heavy atom. The fraction of sp³-hybridized carbons (Fsp3) is 0.533. The van der Waals surface area contributed by atoms with Gasteiger partial charge >= 0.3 is 0 Å². The topological polar surface area (TPSA) is 58.6 Å². The van der Waals surface area contributed by atoms with E-state index in [9.17, 15) is 9.90 Å². The third-order valence-corrected chi connectivity index (χ3v) is 4.01. The van der Waals surface area contributed by atoms with Crippen molar-refractivity contribution in [3.05, 3.63) is 29.8 Å². The van der Waals surface area contributed by atoms with Crippen molar-refractivity contribution in [1.82, 2.24) is 0 Å². The maximum Gasteiger partial charge on any atom is 0.261 e. The van der Waals surface area contributed by atoms with E-state index >= 15 is 0 Å². The number of rotatable bonds is 2. The van der Waals surface area contributed by atoms with Crippen LogP contribution >= 0.6 is 0 Å². The second kappa shape index (κ2) is 4.62. The summed E-state index contributed by atoms with van der Waals surface area (Å²) in [6, 6.07) is 7.58. The van der Waals surface area contributed by atoms with Gasteiger partial charge in [0.1, 0.15) is 0 Å². The quantitative estimate of drug-likeness (QED) is 0.857. The molecule has 0 unspecified atom stereocenters. The zero-order valence-electron chi connectivity index (χ0n) is 11.1. The Morgan fingerprint density at radius 1 is 1.47 bits per heavy atom. The normalized spacial score (nSPS) is 33.3. The largest absolute Gasteiger partial charge is 0.393 e. The number of para-hydroxylation sites is 1. The number of ether oxygens (including phenoxy) is 1. The molecule has 2 aliphatic rings. The van der Waals surface area contributed by atoms with Crippen LogP contribution in [-0.2, 0) is 15.1 Å². The summed E-state index contributed by atoms with van der Waals surface area (Å²) in [5.74, 6) is -0.145. The van der Waals surface area contributed by atoms with Crippen LogP contribution in [0.4, 0.5) is 5.69 Å². The van der Waals surface area contributed by atoms with E-state index in [2.05, 4.69) is 12.2 Å². The highest BCUT2D eigenvalue weighted by Crippen LogP contribution is 2.46. The van der Waals surface area contributed by atoms with Gasteiger partial charge in [-0.2, -0.15) is 0 Å². The van der Waals surface area contributed by atoms with Gasteiger partial charge in [0.05, 0.1) is 12.2 Å². The Hall–Kier alpha value is -1.39. The van der Waals surface area contributed by atoms with Crippen LogP contribution in [0, 0.1) is 0 Å². The highest BCUT2D eigenvalue weighted by molar-refractivity contribution is 6.05. The minimum absolute atomic E-state index is 0.0503. The first kappa shape index (κ1) is 12.6. The van der Waals surface area contributed by atoms with Crippen LogP contribution in [0.25, 0.3) is 0 Å². The molecule has 1 saturated heterocycles. The molecule has 2 heterocycles. The Balaban J connectivity index is 1.99. The third-order valence-electron chi connectivity index (χ3n) is 4.01. The van der Waals surface area contributed by atoms with Crippen molar-refractivity contribution in [2.24, 2.45) is 0 Å². The number of amides is 1. The van der Waals surface area contributed by atoms with Crippen molar-refractivity contribution in [2.45, 2.75) is 50.4 Å². The summed E-state index contributed by atoms with van der Waals surface area (Å²) in [6.07, 6.45) is 2.28. The molecule has 0 aliphatic carbocycles. The SMILES string of the molecule is CCC[C@H]1C[C@H](O)C[C@]2(O1)C(=O)Nc1ccccc12. The van der Waals surface area contributed by atoms with Crippen LogP contribution in [0.15, 0.2) is 24.3 Å². The fourth-order valence-corrected chi connectivity index (χ4v) is 3.21. The average molecular weight is 261 g/mol. The molecule has 0 saturated carbocycles. The predicted molar refractivity (Wildman–Crippen MR) is 71.8 cm³/mol. The number of fused-ring (bicyclic) bond motifs is 2. The lowest BCUT2D eigenvalue weighted by molar-refractivity contribution is -0.178. The minimum atomic E-state index is -0.992. The number of hydrogen-bond donors (Lipinski definition) is 2. The number of carbonyl (C=O) groups excluding carboxylic acids is 1. The molecule has 1 aromatic carbocycles. The van der Waals surface area contributed by atoms with Crippen molar-refractivity contribution >= 4 is 11.6 Å². The highest BCUT2D eigenvalue weighted by atomic mass is 16.5. The Morgan fingerprint density at radius 3 is 3.05 bits per heavy atom. The van der Waals surface area contributed by atoms with Crippen LogP contribution in [0.3, 0.4) is 0 Å². The highest BCUT2D eigenvalue weighted by Gasteiger charge is 2.52. The zero-order chi connectivity index (χ0) is 13.5. The number of carbonyl (C=O) groups is 1. The summed E-state index contributed by atoms with van der Waals surface area (Å²) in [5, 5.41) is 13.0. The average Bonchev–Trinajstić information content (AvgIpc) is 2.62. The van der Waals surface area contributed by atoms with E-state index in [0.29, 0.717) is 12.8 Å². The second-order valence-electron chi connectivity index (χ2n) is 5.45. The van der Waals surface area contributed by atoms with E-state index in [0.717, 1.165) is 24.1 Å². The maximum atomic E-state index is 12.4. The summed E-state index contributed by atoms with van der Waals surface area (Å²) in [7, 11) is 0. The van der Waals surface area contributed by atoms with E-state index < -0.39 is 11.7 Å². The van der Waals surface area contributed by atoms with Crippen molar-refractivity contribution in [1.29, 1.82) is 0 Å². The van der Waals surface area contributed by atoms with Crippen LogP contribution in [0.2, 0.25) is 0 Å². The second-order valence-corrected chi connectivity index (χ2v) is 5.45. The van der Waals surface area contributed by atoms with Crippen LogP contribution < -0.4 is 5.32 Å². The molecule has 19 heavy (non-hydrogen) atoms. The smallest absolute Gasteiger partial charge is 0.261 e. The molecule has 1 amide bonds. The van der Waals surface area contributed by atoms with E-state index in [1.165, 1.54) is 0 Å². The number of hydrogen-bond acceptors (Lipinski definition) is 3. The molecule has 2 aliphatic heterocycles. The molecule has 0 bridgehead atoms. The molecule has 3 rings (SSSR count). The summed E-state index contributed by atoms with van der Waals surface area (Å²) >= 11 is 0. The molecule has 1 spiro atoms. The molecule has 2 N–H and O–H groups in total. The third kappa shape index (κ3) is 1.95. The molecular formula is C15H19NO3. The van der Waals surface area contributed by atoms with Crippen molar-refractivity contribution < 1.29 is 14.6 Å². The van der Waals surface area contributed by atoms with Gasteiger partial charge in [0.2, 0.25) is 0 Å². The van der Waals surface area contributed by atoms with Crippen molar-refractivity contribution in [3.63, 3.8) is 0 Å². The molecule has 1 fully saturated rings. The summed E-state index contributed by atoms with van der Waals surface area (Å²) in [5.41, 5.74) is 0.672. The molecule has 1 aromatic rings. The number of benzene rings is 1. The predicted octanol–water partition coefficient (Wildman–Crippen LogP) is 2.17. The van der Waals surface area contributed by atoms with Crippen LogP contribution in [0.5, 0.6) is 0 Å². The van der Waals surface area contributed by atoms with Gasteiger partial charge in [0.15, 0.2) is 5.60 Å². The first-order valence-electron chi connectivity index (χ1n) is 6.92. The first-order chi connectivity index (χ1) is 9.15. The van der Waals surface area contributed by atoms with Gasteiger partial charge in [-0.1, -0.05) is 31.5 Å². The van der Waals surface area contributed by atoms with Gasteiger partial charge in [-0.15, -0.1) is 0 Å². The van der Waals surface area contributed by atoms with Gasteiger partial charge < -0.3 is 15.2 Å². The van der Waals surface area contributed by atoms with Crippen LogP contribution in [0.1, 0.15) is 38.2 Å². The minimum Gasteiger partial charge on any atom is -0.393 e. The lowest BCUT2D eigenvalue weighted by atomic mass is 9.84. The van der Waals surface area contributed by atoms with Gasteiger partial charge in [0.25, 0.3) is 5.91 Å². The zero-order valence-corrected chi connectivity index (χ0v) is 11.1. The Kier molecular flexibility index (Phi) is 3.07. The van der Waals surface area contributed by atoms with E-state index in [1.54, 1.807) is 0 Å². The van der Waals surface area contributed by atoms with Crippen molar-refractivity contribution in [2.75, 3.05) is 5.32 Å². The number of aliphatic hydroxyl groups excluding tert-OH is 1. The summed E-state index contributed by atoms with van der Waals surface area (Å²) < 4.78 is 6.11. The molecule has 0 aromatic heterocycles. The van der Waals surface area contributed by atoms with Gasteiger partial charge in [-0.3, -0.25) is 4.79 Å². The lowest BCUT2D eigenvalue weighted by Crippen LogP contribution is -2.48. The fourth-order valence-electron chi connectivity index (χ4n) is 3.21. The first-order valence-corrected chi connectivity index (χ1v) is 6.92. The number of anilines is 1. The van der Waals surface area contributed by atoms with E-state index in [4.69, 9.17) is 4.74 Å². The maximum absolute atomic E-state index is 12.4. The molecule has 4 nitrogen and oxygen atoms in total. The molecule has 102 valence electrons. The monoisotopic (exact) mass is 261 g/mol. The van der Waals surface area contributed by atoms with E-state index in [-0.39, 0.29) is 12.0 Å². The molecule has 3 atom stereocenters. The Bertz CT molecular complexity index is 502. The van der Waals surface area contributed by atoms with Gasteiger partial charge in [0, 0.05) is 17.7 Å². The standard InChI is InChI=1S/C15H19NO3/c1-2-5-11-8-10(17)9-15(19-11)12-6-3-4-7-13(12)16-14(15)18/h3-4,6-7,10-11,17H,2,5,8-9H2,1H3,(H,16,18)/t10-,11-,15+/m0/s1.